The van der Waals surface area contributed by atoms with E-state index < -0.39 is 10.0 Å². The Morgan fingerprint density at radius 1 is 1.39 bits per heavy atom. The van der Waals surface area contributed by atoms with Crippen LogP contribution in [0, 0.1) is 0 Å². The fourth-order valence-electron chi connectivity index (χ4n) is 1.32. The Bertz CT molecular complexity index is 640. The van der Waals surface area contributed by atoms with E-state index in [4.69, 9.17) is 5.73 Å². The summed E-state index contributed by atoms with van der Waals surface area (Å²) in [6, 6.07) is 6.22. The van der Waals surface area contributed by atoms with Gasteiger partial charge in [-0.15, -0.1) is 0 Å². The average molecular weight is 332 g/mol. The third kappa shape index (κ3) is 2.89. The van der Waals surface area contributed by atoms with Crippen molar-refractivity contribution in [3.8, 4) is 0 Å². The number of aromatic nitrogens is 1. The molecule has 0 fully saturated rings. The molecule has 18 heavy (non-hydrogen) atoms. The van der Waals surface area contributed by atoms with Crippen molar-refractivity contribution in [1.82, 2.24) is 9.88 Å². The molecule has 0 aliphatic rings. The van der Waals surface area contributed by atoms with E-state index in [-0.39, 0.29) is 17.1 Å². The number of hydrogen-bond donors (Lipinski definition) is 2. The van der Waals surface area contributed by atoms with Gasteiger partial charge in [-0.05, 0) is 18.2 Å². The van der Waals surface area contributed by atoms with Crippen LogP contribution in [0.5, 0.6) is 0 Å². The van der Waals surface area contributed by atoms with Gasteiger partial charge >= 0.3 is 0 Å². The van der Waals surface area contributed by atoms with E-state index >= 15 is 0 Å². The fourth-order valence-corrected chi connectivity index (χ4v) is 2.98. The number of halogens is 1. The number of nitrogen functional groups attached to an aromatic ring is 1. The summed E-state index contributed by atoms with van der Waals surface area (Å²) in [5.74, 6) is 0. The van der Waals surface area contributed by atoms with E-state index in [1.165, 1.54) is 18.4 Å². The normalized spacial score (nSPS) is 11.6. The van der Waals surface area contributed by atoms with Crippen LogP contribution in [-0.4, -0.2) is 13.6 Å². The van der Waals surface area contributed by atoms with E-state index in [1.54, 1.807) is 12.1 Å². The molecule has 6 nitrogen and oxygen atoms in total. The summed E-state index contributed by atoms with van der Waals surface area (Å²) in [5.41, 5.74) is 6.33. The molecule has 0 amide bonds. The van der Waals surface area contributed by atoms with Crippen molar-refractivity contribution in [1.29, 1.82) is 0 Å². The lowest BCUT2D eigenvalue weighted by Crippen LogP contribution is -2.24. The number of hydrogen-bond acceptors (Lipinski definition) is 5. The largest absolute Gasteiger partial charge is 0.398 e. The van der Waals surface area contributed by atoms with Gasteiger partial charge in [0.15, 0.2) is 0 Å². The second-order valence-electron chi connectivity index (χ2n) is 3.50. The third-order valence-corrected chi connectivity index (χ3v) is 4.15. The quantitative estimate of drug-likeness (QED) is 0.827. The second kappa shape index (κ2) is 5.09. The minimum atomic E-state index is -3.68. The summed E-state index contributed by atoms with van der Waals surface area (Å²) in [5, 5.41) is 3.61. The van der Waals surface area contributed by atoms with E-state index in [9.17, 15) is 8.42 Å². The molecular weight excluding hydrogens is 322 g/mol. The number of benzene rings is 1. The van der Waals surface area contributed by atoms with Crippen LogP contribution in [0.25, 0.3) is 0 Å². The van der Waals surface area contributed by atoms with Crippen molar-refractivity contribution < 1.29 is 12.9 Å². The van der Waals surface area contributed by atoms with Crippen LogP contribution in [0.15, 0.2) is 44.4 Å². The van der Waals surface area contributed by atoms with Gasteiger partial charge in [0.2, 0.25) is 10.0 Å². The lowest BCUT2D eigenvalue weighted by Gasteiger charge is -2.08. The van der Waals surface area contributed by atoms with Crippen LogP contribution in [-0.2, 0) is 16.6 Å². The van der Waals surface area contributed by atoms with Gasteiger partial charge in [-0.1, -0.05) is 21.1 Å². The molecule has 0 unspecified atom stereocenters. The molecule has 2 aromatic rings. The molecule has 0 aliphatic heterocycles. The van der Waals surface area contributed by atoms with Crippen molar-refractivity contribution in [3.63, 3.8) is 0 Å². The Kier molecular flexibility index (Phi) is 3.69. The molecule has 0 atom stereocenters. The summed E-state index contributed by atoms with van der Waals surface area (Å²) in [6.45, 7) is 0.0464. The smallest absolute Gasteiger partial charge is 0.243 e. The monoisotopic (exact) mass is 331 g/mol. The molecule has 0 saturated carbocycles. The van der Waals surface area contributed by atoms with Gasteiger partial charge in [0.1, 0.15) is 11.2 Å². The van der Waals surface area contributed by atoms with Crippen molar-refractivity contribution in [2.45, 2.75) is 11.4 Å². The van der Waals surface area contributed by atoms with Gasteiger partial charge in [0.05, 0.1) is 17.9 Å². The SMILES string of the molecule is Nc1ccc(Br)cc1S(=O)(=O)NCc1ccon1. The number of nitrogens with zero attached hydrogens (tertiary/aromatic N) is 1. The van der Waals surface area contributed by atoms with Crippen LogP contribution in [0.1, 0.15) is 5.69 Å². The Hall–Kier alpha value is -1.38. The Balaban J connectivity index is 2.22. The van der Waals surface area contributed by atoms with Gasteiger partial charge in [-0.3, -0.25) is 0 Å². The average Bonchev–Trinajstić information content (AvgIpc) is 2.83. The summed E-state index contributed by atoms with van der Waals surface area (Å²) < 4.78 is 31.7. The highest BCUT2D eigenvalue weighted by Gasteiger charge is 2.17. The zero-order chi connectivity index (χ0) is 13.2. The van der Waals surface area contributed by atoms with Gasteiger partial charge < -0.3 is 10.3 Å². The molecule has 3 N–H and O–H groups in total. The zero-order valence-electron chi connectivity index (χ0n) is 9.13. The maximum atomic E-state index is 12.0. The van der Waals surface area contributed by atoms with Crippen molar-refractivity contribution in [3.05, 3.63) is 40.7 Å². The van der Waals surface area contributed by atoms with E-state index in [1.807, 2.05) is 0 Å². The van der Waals surface area contributed by atoms with Crippen LogP contribution in [0.4, 0.5) is 5.69 Å². The van der Waals surface area contributed by atoms with Crippen LogP contribution < -0.4 is 10.5 Å². The maximum Gasteiger partial charge on any atom is 0.243 e. The predicted octanol–water partition coefficient (Wildman–Crippen LogP) is 1.50. The number of nitrogens with one attached hydrogen (secondary N) is 1. The Morgan fingerprint density at radius 3 is 2.83 bits per heavy atom. The van der Waals surface area contributed by atoms with Gasteiger partial charge in [-0.2, -0.15) is 0 Å². The van der Waals surface area contributed by atoms with Crippen LogP contribution >= 0.6 is 15.9 Å². The van der Waals surface area contributed by atoms with E-state index in [0.29, 0.717) is 10.2 Å². The molecule has 2 rings (SSSR count). The Morgan fingerprint density at radius 2 is 2.17 bits per heavy atom. The molecule has 96 valence electrons. The highest BCUT2D eigenvalue weighted by molar-refractivity contribution is 9.10. The van der Waals surface area contributed by atoms with Gasteiger partial charge in [0.25, 0.3) is 0 Å². The third-order valence-electron chi connectivity index (χ3n) is 2.20. The first kappa shape index (κ1) is 13.1. The van der Waals surface area contributed by atoms with Crippen molar-refractivity contribution in [2.75, 3.05) is 5.73 Å². The fraction of sp³-hybridized carbons (Fsp3) is 0.100. The van der Waals surface area contributed by atoms with E-state index in [0.717, 1.165) is 0 Å². The lowest BCUT2D eigenvalue weighted by molar-refractivity contribution is 0.411. The highest BCUT2D eigenvalue weighted by atomic mass is 79.9. The molecule has 8 heteroatoms. The first-order chi connectivity index (χ1) is 8.49. The molecule has 0 spiro atoms. The first-order valence-electron chi connectivity index (χ1n) is 4.93. The molecular formula is C10H10BrN3O3S. The van der Waals surface area contributed by atoms with Gasteiger partial charge in [-0.25, -0.2) is 13.1 Å². The summed E-state index contributed by atoms with van der Waals surface area (Å²) in [6.07, 6.45) is 1.37. The molecule has 1 heterocycles. The second-order valence-corrected chi connectivity index (χ2v) is 6.15. The number of rotatable bonds is 4. The maximum absolute atomic E-state index is 12.0. The summed E-state index contributed by atoms with van der Waals surface area (Å²) >= 11 is 3.20. The topological polar surface area (TPSA) is 98.2 Å². The van der Waals surface area contributed by atoms with Crippen LogP contribution in [0.3, 0.4) is 0 Å². The summed E-state index contributed by atoms with van der Waals surface area (Å²) in [7, 11) is -3.68. The molecule has 0 radical (unpaired) electrons. The minimum Gasteiger partial charge on any atom is -0.398 e. The van der Waals surface area contributed by atoms with E-state index in [2.05, 4.69) is 30.3 Å². The number of nitrogens with two attached hydrogens (primary N) is 1. The molecule has 0 aliphatic carbocycles. The number of anilines is 1. The lowest BCUT2D eigenvalue weighted by atomic mass is 10.3. The van der Waals surface area contributed by atoms with Gasteiger partial charge in [0, 0.05) is 10.5 Å². The molecule has 1 aromatic heterocycles. The predicted molar refractivity (Wildman–Crippen MR) is 69.1 cm³/mol. The van der Waals surface area contributed by atoms with Crippen molar-refractivity contribution in [2.24, 2.45) is 0 Å². The van der Waals surface area contributed by atoms with Crippen LogP contribution in [0.2, 0.25) is 0 Å². The minimum absolute atomic E-state index is 0.0281. The highest BCUT2D eigenvalue weighted by Crippen LogP contribution is 2.22. The first-order valence-corrected chi connectivity index (χ1v) is 7.20. The Labute approximate surface area is 112 Å². The molecule has 0 saturated heterocycles. The molecule has 1 aromatic carbocycles. The number of sulfonamides is 1. The van der Waals surface area contributed by atoms with Crippen molar-refractivity contribution >= 4 is 31.6 Å². The molecule has 0 bridgehead atoms. The standard InChI is InChI=1S/C10H10BrN3O3S/c11-7-1-2-9(12)10(5-7)18(15,16)13-6-8-3-4-17-14-8/h1-5,13H,6,12H2. The zero-order valence-corrected chi connectivity index (χ0v) is 11.5. The summed E-state index contributed by atoms with van der Waals surface area (Å²) in [4.78, 5) is 0.0281.